The zero-order valence-electron chi connectivity index (χ0n) is 15.2. The number of benzene rings is 2. The molecule has 0 saturated carbocycles. The van der Waals surface area contributed by atoms with Crippen LogP contribution in [0.25, 0.3) is 0 Å². The Morgan fingerprint density at radius 1 is 1.17 bits per heavy atom. The lowest BCUT2D eigenvalue weighted by Crippen LogP contribution is -2.35. The van der Waals surface area contributed by atoms with Crippen LogP contribution in [-0.4, -0.2) is 45.7 Å². The van der Waals surface area contributed by atoms with Crippen LogP contribution in [0.15, 0.2) is 53.4 Å². The molecule has 1 atom stereocenters. The number of carbonyl (C=O) groups is 1. The van der Waals surface area contributed by atoms with Gasteiger partial charge in [-0.1, -0.05) is 6.07 Å². The van der Waals surface area contributed by atoms with E-state index < -0.39 is 33.8 Å². The Morgan fingerprint density at radius 2 is 1.83 bits per heavy atom. The molecule has 0 heterocycles. The van der Waals surface area contributed by atoms with Gasteiger partial charge in [-0.2, -0.15) is 13.2 Å². The van der Waals surface area contributed by atoms with Crippen LogP contribution < -0.4 is 14.8 Å². The Bertz CT molecular complexity index is 947. The van der Waals surface area contributed by atoms with Crippen LogP contribution in [-0.2, 0) is 16.2 Å². The van der Waals surface area contributed by atoms with E-state index in [0.717, 1.165) is 12.1 Å². The van der Waals surface area contributed by atoms with E-state index in [1.165, 1.54) is 43.4 Å². The lowest BCUT2D eigenvalue weighted by atomic mass is 10.2. The fraction of sp³-hybridized carbons (Fsp3) is 0.278. The molecule has 0 radical (unpaired) electrons. The van der Waals surface area contributed by atoms with Gasteiger partial charge < -0.3 is 15.2 Å². The molecule has 2 aromatic rings. The number of rotatable bonds is 8. The molecule has 0 spiro atoms. The zero-order valence-corrected chi connectivity index (χ0v) is 16.0. The smallest absolute Gasteiger partial charge is 0.416 e. The van der Waals surface area contributed by atoms with Crippen molar-refractivity contribution in [3.8, 4) is 5.75 Å². The first-order chi connectivity index (χ1) is 13.5. The normalized spacial score (nSPS) is 13.0. The highest BCUT2D eigenvalue weighted by Gasteiger charge is 2.30. The number of alkyl halides is 3. The van der Waals surface area contributed by atoms with Gasteiger partial charge in [0.1, 0.15) is 18.5 Å². The minimum atomic E-state index is -4.51. The van der Waals surface area contributed by atoms with Gasteiger partial charge in [0.25, 0.3) is 5.91 Å². The van der Waals surface area contributed by atoms with Crippen LogP contribution >= 0.6 is 0 Å². The summed E-state index contributed by atoms with van der Waals surface area (Å²) < 4.78 is 68.5. The summed E-state index contributed by atoms with van der Waals surface area (Å²) in [6, 6.07) is 9.35. The molecule has 0 fully saturated rings. The van der Waals surface area contributed by atoms with Crippen LogP contribution in [0, 0.1) is 0 Å². The van der Waals surface area contributed by atoms with Crippen molar-refractivity contribution in [2.45, 2.75) is 17.2 Å². The Labute approximate surface area is 165 Å². The summed E-state index contributed by atoms with van der Waals surface area (Å²) in [5.74, 6) is -0.622. The second kappa shape index (κ2) is 9.25. The summed E-state index contributed by atoms with van der Waals surface area (Å²) in [5, 5.41) is 12.3. The Hall–Kier alpha value is -2.63. The minimum absolute atomic E-state index is 0.00827. The molecule has 0 aliphatic carbocycles. The predicted molar refractivity (Wildman–Crippen MR) is 98.0 cm³/mol. The van der Waals surface area contributed by atoms with Crippen molar-refractivity contribution in [3.63, 3.8) is 0 Å². The van der Waals surface area contributed by atoms with Crippen molar-refractivity contribution in [3.05, 3.63) is 59.7 Å². The number of aliphatic hydroxyl groups excluding tert-OH is 1. The molecule has 0 aromatic heterocycles. The largest absolute Gasteiger partial charge is 0.491 e. The number of hydrogen-bond donors (Lipinski definition) is 3. The highest BCUT2D eigenvalue weighted by atomic mass is 32.2. The van der Waals surface area contributed by atoms with Crippen molar-refractivity contribution in [2.75, 3.05) is 20.2 Å². The lowest BCUT2D eigenvalue weighted by Gasteiger charge is -2.14. The van der Waals surface area contributed by atoms with Gasteiger partial charge in [0.2, 0.25) is 10.0 Å². The SMILES string of the molecule is CNS(=O)(=O)c1ccc(C(=O)NCC(O)COc2cccc(C(F)(F)F)c2)cc1. The molecular formula is C18H19F3N2O5S. The van der Waals surface area contributed by atoms with Crippen LogP contribution in [0.3, 0.4) is 0 Å². The summed E-state index contributed by atoms with van der Waals surface area (Å²) in [7, 11) is -2.36. The lowest BCUT2D eigenvalue weighted by molar-refractivity contribution is -0.137. The fourth-order valence-electron chi connectivity index (χ4n) is 2.23. The van der Waals surface area contributed by atoms with Crippen LogP contribution in [0.4, 0.5) is 13.2 Å². The average molecular weight is 432 g/mol. The maximum atomic E-state index is 12.7. The Kier molecular flexibility index (Phi) is 7.22. The van der Waals surface area contributed by atoms with E-state index in [4.69, 9.17) is 4.74 Å². The number of amides is 1. The molecule has 158 valence electrons. The summed E-state index contributed by atoms with van der Waals surface area (Å²) in [6.07, 6.45) is -5.67. The molecular weight excluding hydrogens is 413 g/mol. The van der Waals surface area contributed by atoms with E-state index in [0.29, 0.717) is 0 Å². The Balaban J connectivity index is 1.86. The molecule has 11 heteroatoms. The first kappa shape index (κ1) is 22.7. The van der Waals surface area contributed by atoms with Crippen molar-refractivity contribution in [1.82, 2.24) is 10.0 Å². The van der Waals surface area contributed by atoms with Crippen molar-refractivity contribution < 1.29 is 36.2 Å². The van der Waals surface area contributed by atoms with Crippen LogP contribution in [0.5, 0.6) is 5.75 Å². The number of ether oxygens (including phenoxy) is 1. The maximum Gasteiger partial charge on any atom is 0.416 e. The molecule has 1 amide bonds. The third kappa shape index (κ3) is 6.44. The third-order valence-corrected chi connectivity index (χ3v) is 5.23. The summed E-state index contributed by atoms with van der Waals surface area (Å²) in [6.45, 7) is -0.546. The number of halogens is 3. The van der Waals surface area contributed by atoms with E-state index in [1.807, 2.05) is 0 Å². The average Bonchev–Trinajstić information content (AvgIpc) is 2.70. The maximum absolute atomic E-state index is 12.7. The second-order valence-corrected chi connectivity index (χ2v) is 7.82. The van der Waals surface area contributed by atoms with E-state index in [9.17, 15) is 31.5 Å². The molecule has 0 aliphatic rings. The van der Waals surface area contributed by atoms with Crippen LogP contribution in [0.2, 0.25) is 0 Å². The highest BCUT2D eigenvalue weighted by Crippen LogP contribution is 2.31. The van der Waals surface area contributed by atoms with Gasteiger partial charge >= 0.3 is 6.18 Å². The first-order valence-electron chi connectivity index (χ1n) is 8.33. The van der Waals surface area contributed by atoms with Gasteiger partial charge in [0.05, 0.1) is 10.5 Å². The Morgan fingerprint density at radius 3 is 2.41 bits per heavy atom. The van der Waals surface area contributed by atoms with E-state index >= 15 is 0 Å². The van der Waals surface area contributed by atoms with Crippen molar-refractivity contribution in [2.24, 2.45) is 0 Å². The number of carbonyl (C=O) groups excluding carboxylic acids is 1. The zero-order chi connectivity index (χ0) is 21.7. The number of nitrogens with one attached hydrogen (secondary N) is 2. The standard InChI is InChI=1S/C18H19F3N2O5S/c1-22-29(26,27)16-7-5-12(6-8-16)17(25)23-10-14(24)11-28-15-4-2-3-13(9-15)18(19,20)21/h2-9,14,22,24H,10-11H2,1H3,(H,23,25). The van der Waals surface area contributed by atoms with Gasteiger partial charge in [-0.05, 0) is 49.5 Å². The van der Waals surface area contributed by atoms with E-state index in [-0.39, 0.29) is 29.4 Å². The van der Waals surface area contributed by atoms with E-state index in [2.05, 4.69) is 10.0 Å². The molecule has 0 aliphatic heterocycles. The van der Waals surface area contributed by atoms with Gasteiger partial charge in [0.15, 0.2) is 0 Å². The highest BCUT2D eigenvalue weighted by molar-refractivity contribution is 7.89. The third-order valence-electron chi connectivity index (χ3n) is 3.80. The number of sulfonamides is 1. The monoisotopic (exact) mass is 432 g/mol. The molecule has 0 saturated heterocycles. The van der Waals surface area contributed by atoms with Crippen molar-refractivity contribution >= 4 is 15.9 Å². The molecule has 29 heavy (non-hydrogen) atoms. The quantitative estimate of drug-likeness (QED) is 0.590. The molecule has 7 nitrogen and oxygen atoms in total. The molecule has 0 bridgehead atoms. The van der Waals surface area contributed by atoms with Gasteiger partial charge in [0, 0.05) is 12.1 Å². The summed E-state index contributed by atoms with van der Waals surface area (Å²) in [4.78, 5) is 12.0. The van der Waals surface area contributed by atoms with Crippen LogP contribution in [0.1, 0.15) is 15.9 Å². The summed E-state index contributed by atoms with van der Waals surface area (Å²) in [5.41, 5.74) is -0.701. The minimum Gasteiger partial charge on any atom is -0.491 e. The van der Waals surface area contributed by atoms with Gasteiger partial charge in [-0.3, -0.25) is 4.79 Å². The fourth-order valence-corrected chi connectivity index (χ4v) is 2.96. The molecule has 2 rings (SSSR count). The summed E-state index contributed by atoms with van der Waals surface area (Å²) >= 11 is 0. The predicted octanol–water partition coefficient (Wildman–Crippen LogP) is 1.78. The second-order valence-electron chi connectivity index (χ2n) is 5.93. The molecule has 1 unspecified atom stereocenters. The first-order valence-corrected chi connectivity index (χ1v) is 9.81. The number of aliphatic hydroxyl groups is 1. The molecule has 3 N–H and O–H groups in total. The number of hydrogen-bond acceptors (Lipinski definition) is 5. The van der Waals surface area contributed by atoms with Gasteiger partial charge in [-0.25, -0.2) is 13.1 Å². The molecule has 2 aromatic carbocycles. The van der Waals surface area contributed by atoms with E-state index in [1.54, 1.807) is 0 Å². The van der Waals surface area contributed by atoms with Gasteiger partial charge in [-0.15, -0.1) is 0 Å². The van der Waals surface area contributed by atoms with Crippen molar-refractivity contribution in [1.29, 1.82) is 0 Å². The topological polar surface area (TPSA) is 105 Å².